The number of Topliss-reactive ketones (excluding diaryl/α,β-unsaturated/α-hetero) is 1. The van der Waals surface area contributed by atoms with Crippen molar-refractivity contribution in [1.29, 1.82) is 0 Å². The first kappa shape index (κ1) is 20.2. The molecule has 3 aromatic rings. The number of hydrogen-bond acceptors (Lipinski definition) is 5. The molecule has 5 heteroatoms. The number of ether oxygens (including phenoxy) is 2. The summed E-state index contributed by atoms with van der Waals surface area (Å²) in [5.74, 6) is 1.59. The summed E-state index contributed by atoms with van der Waals surface area (Å²) in [4.78, 5) is 13.4. The number of nitrogens with one attached hydrogen (secondary N) is 2. The SMILES string of the molecule is COc1ccc(C2Nc3ccccc3NC3=C2C(=O)CCC3c2ccccc2)cc1OC. The van der Waals surface area contributed by atoms with E-state index in [1.165, 1.54) is 5.56 Å². The van der Waals surface area contributed by atoms with Gasteiger partial charge in [0.15, 0.2) is 17.3 Å². The number of rotatable bonds is 4. The smallest absolute Gasteiger partial charge is 0.163 e. The first-order chi connectivity index (χ1) is 15.7. The van der Waals surface area contributed by atoms with Crippen LogP contribution in [0.4, 0.5) is 11.4 Å². The summed E-state index contributed by atoms with van der Waals surface area (Å²) < 4.78 is 11.0. The van der Waals surface area contributed by atoms with Gasteiger partial charge in [-0.2, -0.15) is 0 Å². The quantitative estimate of drug-likeness (QED) is 0.562. The Hall–Kier alpha value is -3.73. The minimum absolute atomic E-state index is 0.125. The van der Waals surface area contributed by atoms with Crippen molar-refractivity contribution < 1.29 is 14.3 Å². The second kappa shape index (κ2) is 8.42. The Bertz CT molecular complexity index is 1190. The lowest BCUT2D eigenvalue weighted by atomic mass is 9.78. The van der Waals surface area contributed by atoms with Crippen LogP contribution in [-0.4, -0.2) is 20.0 Å². The molecule has 1 heterocycles. The minimum Gasteiger partial charge on any atom is -0.493 e. The molecule has 3 aromatic carbocycles. The van der Waals surface area contributed by atoms with Crippen molar-refractivity contribution in [2.24, 2.45) is 0 Å². The Balaban J connectivity index is 1.70. The maximum absolute atomic E-state index is 13.4. The third-order valence-electron chi connectivity index (χ3n) is 6.33. The zero-order valence-electron chi connectivity index (χ0n) is 18.2. The summed E-state index contributed by atoms with van der Waals surface area (Å²) in [6, 6.07) is 24.0. The highest BCUT2D eigenvalue weighted by molar-refractivity contribution is 6.01. The fourth-order valence-electron chi connectivity index (χ4n) is 4.76. The van der Waals surface area contributed by atoms with Gasteiger partial charge >= 0.3 is 0 Å². The van der Waals surface area contributed by atoms with Gasteiger partial charge in [-0.15, -0.1) is 0 Å². The van der Waals surface area contributed by atoms with E-state index in [0.29, 0.717) is 17.9 Å². The molecule has 5 nitrogen and oxygen atoms in total. The average molecular weight is 427 g/mol. The van der Waals surface area contributed by atoms with Crippen LogP contribution in [0.25, 0.3) is 0 Å². The van der Waals surface area contributed by atoms with E-state index in [-0.39, 0.29) is 17.7 Å². The van der Waals surface area contributed by atoms with Gasteiger partial charge in [0.25, 0.3) is 0 Å². The van der Waals surface area contributed by atoms with E-state index >= 15 is 0 Å². The summed E-state index contributed by atoms with van der Waals surface area (Å²) >= 11 is 0. The third kappa shape index (κ3) is 3.50. The van der Waals surface area contributed by atoms with Crippen LogP contribution in [0.2, 0.25) is 0 Å². The second-order valence-electron chi connectivity index (χ2n) is 8.11. The van der Waals surface area contributed by atoms with Crippen LogP contribution in [0.1, 0.15) is 35.9 Å². The van der Waals surface area contributed by atoms with E-state index in [2.05, 4.69) is 34.9 Å². The lowest BCUT2D eigenvalue weighted by molar-refractivity contribution is -0.116. The number of carbonyl (C=O) groups is 1. The molecular weight excluding hydrogens is 400 g/mol. The molecule has 2 atom stereocenters. The number of hydrogen-bond donors (Lipinski definition) is 2. The van der Waals surface area contributed by atoms with Crippen LogP contribution >= 0.6 is 0 Å². The molecule has 162 valence electrons. The van der Waals surface area contributed by atoms with Gasteiger partial charge < -0.3 is 20.1 Å². The Morgan fingerprint density at radius 1 is 0.812 bits per heavy atom. The third-order valence-corrected chi connectivity index (χ3v) is 6.33. The molecule has 0 spiro atoms. The van der Waals surface area contributed by atoms with Crippen molar-refractivity contribution in [1.82, 2.24) is 0 Å². The van der Waals surface area contributed by atoms with Crippen molar-refractivity contribution in [3.8, 4) is 11.5 Å². The second-order valence-corrected chi connectivity index (χ2v) is 8.11. The van der Waals surface area contributed by atoms with Crippen molar-refractivity contribution in [2.45, 2.75) is 24.8 Å². The van der Waals surface area contributed by atoms with Crippen molar-refractivity contribution in [3.63, 3.8) is 0 Å². The monoisotopic (exact) mass is 426 g/mol. The van der Waals surface area contributed by atoms with Crippen molar-refractivity contribution in [3.05, 3.63) is 95.2 Å². The lowest BCUT2D eigenvalue weighted by Crippen LogP contribution is -2.27. The fraction of sp³-hybridized carbons (Fsp3) is 0.222. The van der Waals surface area contributed by atoms with Gasteiger partial charge in [0.1, 0.15) is 0 Å². The van der Waals surface area contributed by atoms with Crippen LogP contribution < -0.4 is 20.1 Å². The number of benzene rings is 3. The summed E-state index contributed by atoms with van der Waals surface area (Å²) in [6.07, 6.45) is 1.30. The van der Waals surface area contributed by atoms with E-state index in [1.54, 1.807) is 14.2 Å². The van der Waals surface area contributed by atoms with Crippen LogP contribution in [-0.2, 0) is 4.79 Å². The van der Waals surface area contributed by atoms with E-state index in [1.807, 2.05) is 48.5 Å². The highest BCUT2D eigenvalue weighted by Gasteiger charge is 2.37. The number of carbonyl (C=O) groups excluding carboxylic acids is 1. The highest BCUT2D eigenvalue weighted by atomic mass is 16.5. The number of allylic oxidation sites excluding steroid dienone is 1. The number of para-hydroxylation sites is 2. The molecule has 2 N–H and O–H groups in total. The zero-order chi connectivity index (χ0) is 22.1. The van der Waals surface area contributed by atoms with Crippen molar-refractivity contribution in [2.75, 3.05) is 24.9 Å². The Labute approximate surface area is 188 Å². The molecule has 1 aliphatic carbocycles. The number of ketones is 1. The molecule has 0 saturated heterocycles. The molecule has 5 rings (SSSR count). The molecule has 1 aliphatic heterocycles. The molecular formula is C27H26N2O3. The molecule has 32 heavy (non-hydrogen) atoms. The topological polar surface area (TPSA) is 59.6 Å². The minimum atomic E-state index is -0.306. The van der Waals surface area contributed by atoms with E-state index in [9.17, 15) is 4.79 Å². The predicted octanol–water partition coefficient (Wildman–Crippen LogP) is 5.68. The van der Waals surface area contributed by atoms with E-state index in [0.717, 1.165) is 34.6 Å². The van der Waals surface area contributed by atoms with Gasteiger partial charge in [-0.25, -0.2) is 0 Å². The Morgan fingerprint density at radius 2 is 1.53 bits per heavy atom. The van der Waals surface area contributed by atoms with Gasteiger partial charge in [-0.05, 0) is 41.8 Å². The van der Waals surface area contributed by atoms with Crippen LogP contribution in [0.5, 0.6) is 11.5 Å². The average Bonchev–Trinajstić information content (AvgIpc) is 3.02. The van der Waals surface area contributed by atoms with E-state index in [4.69, 9.17) is 9.47 Å². The first-order valence-corrected chi connectivity index (χ1v) is 10.9. The molecule has 0 amide bonds. The lowest BCUT2D eigenvalue weighted by Gasteiger charge is -2.31. The van der Waals surface area contributed by atoms with Crippen molar-refractivity contribution >= 4 is 17.2 Å². The number of anilines is 2. The standard InChI is InChI=1S/C27H26N2O3/c1-31-23-15-12-18(16-24(23)32-2)26-25-22(30)14-13-19(17-8-4-3-5-9-17)27(25)29-21-11-7-6-10-20(21)28-26/h3-12,15-16,19,26,28-29H,13-14H2,1-2H3. The van der Waals surface area contributed by atoms with Gasteiger partial charge in [0.05, 0.1) is 31.6 Å². The number of fused-ring (bicyclic) bond motifs is 1. The summed E-state index contributed by atoms with van der Waals surface area (Å²) in [5, 5.41) is 7.26. The van der Waals surface area contributed by atoms with Gasteiger partial charge in [0.2, 0.25) is 0 Å². The van der Waals surface area contributed by atoms with Gasteiger partial charge in [-0.1, -0.05) is 48.5 Å². The van der Waals surface area contributed by atoms with Crippen LogP contribution in [0, 0.1) is 0 Å². The number of methoxy groups -OCH3 is 2. The van der Waals surface area contributed by atoms with Crippen LogP contribution in [0.3, 0.4) is 0 Å². The van der Waals surface area contributed by atoms with Crippen LogP contribution in [0.15, 0.2) is 84.1 Å². The van der Waals surface area contributed by atoms with Gasteiger partial charge in [-0.3, -0.25) is 4.79 Å². The fourth-order valence-corrected chi connectivity index (χ4v) is 4.76. The summed E-state index contributed by atoms with van der Waals surface area (Å²) in [7, 11) is 3.25. The molecule has 0 bridgehead atoms. The summed E-state index contributed by atoms with van der Waals surface area (Å²) in [5.41, 5.74) is 5.86. The molecule has 0 aromatic heterocycles. The Morgan fingerprint density at radius 3 is 2.28 bits per heavy atom. The maximum Gasteiger partial charge on any atom is 0.163 e. The predicted molar refractivity (Wildman–Crippen MR) is 126 cm³/mol. The summed E-state index contributed by atoms with van der Waals surface area (Å²) in [6.45, 7) is 0. The molecule has 0 radical (unpaired) electrons. The zero-order valence-corrected chi connectivity index (χ0v) is 18.2. The normalized spacial score (nSPS) is 19.8. The molecule has 0 saturated carbocycles. The Kier molecular flexibility index (Phi) is 5.31. The van der Waals surface area contributed by atoms with Gasteiger partial charge in [0, 0.05) is 23.6 Å². The molecule has 2 aliphatic rings. The van der Waals surface area contributed by atoms with E-state index < -0.39 is 0 Å². The highest BCUT2D eigenvalue weighted by Crippen LogP contribution is 2.46. The largest absolute Gasteiger partial charge is 0.493 e. The molecule has 0 fully saturated rings. The maximum atomic E-state index is 13.4. The first-order valence-electron chi connectivity index (χ1n) is 10.9. The molecule has 2 unspecified atom stereocenters.